The van der Waals surface area contributed by atoms with Gasteiger partial charge < -0.3 is 9.80 Å². The monoisotopic (exact) mass is 544 g/mol. The number of nitrogens with zero attached hydrogens (tertiary/aromatic N) is 4. The molecule has 0 saturated carbocycles. The van der Waals surface area contributed by atoms with Crippen LogP contribution in [0, 0.1) is 6.92 Å². The van der Waals surface area contributed by atoms with E-state index in [1.54, 1.807) is 17.5 Å². The molecular formula is C29H35F3N4OS. The van der Waals surface area contributed by atoms with Crippen LogP contribution in [0.5, 0.6) is 0 Å². The van der Waals surface area contributed by atoms with Gasteiger partial charge in [0.25, 0.3) is 0 Å². The molecule has 3 aromatic rings. The lowest BCUT2D eigenvalue weighted by Crippen LogP contribution is -2.46. The van der Waals surface area contributed by atoms with Crippen LogP contribution in [-0.2, 0) is 12.6 Å². The number of halogens is 3. The Balaban J connectivity index is 1.31. The minimum absolute atomic E-state index is 0.00936. The van der Waals surface area contributed by atoms with E-state index in [1.807, 2.05) is 12.1 Å². The Morgan fingerprint density at radius 1 is 1.03 bits per heavy atom. The van der Waals surface area contributed by atoms with Crippen LogP contribution in [0.4, 0.5) is 24.7 Å². The van der Waals surface area contributed by atoms with Gasteiger partial charge in [-0.25, -0.2) is 9.97 Å². The summed E-state index contributed by atoms with van der Waals surface area (Å²) in [5, 5.41) is 0.855. The molecule has 0 spiro atoms. The number of aryl methyl sites for hydroxylation is 1. The lowest BCUT2D eigenvalue weighted by Gasteiger charge is -2.36. The molecule has 0 amide bonds. The molecule has 204 valence electrons. The standard InChI is InChI=1S/C29H35F3N4OS/c1-4-5-6-7-20(2)28-21(3)38-27(34-28)18-25(37)22-8-13-26(33-19-22)36-16-14-35(15-17-36)24-11-9-23(10-12-24)29(30,31)32/h8-13,19-20H,4-7,14-18H2,1-3H3. The molecule has 38 heavy (non-hydrogen) atoms. The van der Waals surface area contributed by atoms with E-state index in [-0.39, 0.29) is 12.2 Å². The summed E-state index contributed by atoms with van der Waals surface area (Å²) in [7, 11) is 0. The highest BCUT2D eigenvalue weighted by Crippen LogP contribution is 2.31. The van der Waals surface area contributed by atoms with Crippen molar-refractivity contribution in [2.75, 3.05) is 36.0 Å². The van der Waals surface area contributed by atoms with Crippen molar-refractivity contribution in [2.45, 2.75) is 65.0 Å². The number of alkyl halides is 3. The van der Waals surface area contributed by atoms with Crippen LogP contribution in [0.15, 0.2) is 42.6 Å². The molecule has 1 atom stereocenters. The molecule has 9 heteroatoms. The summed E-state index contributed by atoms with van der Waals surface area (Å²) in [6.07, 6.45) is 2.34. The Morgan fingerprint density at radius 2 is 1.71 bits per heavy atom. The number of rotatable bonds is 10. The number of Topliss-reactive ketones (excluding diaryl/α,β-unsaturated/α-hetero) is 1. The number of carbonyl (C=O) groups excluding carboxylic acids is 1. The molecule has 0 radical (unpaired) electrons. The fourth-order valence-corrected chi connectivity index (χ4v) is 5.92. The molecule has 1 aromatic carbocycles. The smallest absolute Gasteiger partial charge is 0.368 e. The fraction of sp³-hybridized carbons (Fsp3) is 0.483. The molecule has 1 aliphatic heterocycles. The first-order valence-electron chi connectivity index (χ1n) is 13.3. The highest BCUT2D eigenvalue weighted by molar-refractivity contribution is 7.11. The number of ketones is 1. The number of thiazole rings is 1. The zero-order valence-corrected chi connectivity index (χ0v) is 23.0. The molecular weight excluding hydrogens is 509 g/mol. The quantitative estimate of drug-likeness (QED) is 0.198. The molecule has 0 aliphatic carbocycles. The predicted molar refractivity (Wildman–Crippen MR) is 148 cm³/mol. The molecule has 1 saturated heterocycles. The molecule has 0 N–H and O–H groups in total. The maximum Gasteiger partial charge on any atom is 0.416 e. The number of benzene rings is 1. The van der Waals surface area contributed by atoms with Crippen LogP contribution in [0.3, 0.4) is 0 Å². The minimum Gasteiger partial charge on any atom is -0.368 e. The Labute approximate surface area is 226 Å². The van der Waals surface area contributed by atoms with Crippen LogP contribution >= 0.6 is 11.3 Å². The van der Waals surface area contributed by atoms with Crippen LogP contribution in [-0.4, -0.2) is 41.9 Å². The van der Waals surface area contributed by atoms with Crippen molar-refractivity contribution in [1.82, 2.24) is 9.97 Å². The average molecular weight is 545 g/mol. The lowest BCUT2D eigenvalue weighted by molar-refractivity contribution is -0.137. The molecule has 1 aliphatic rings. The Bertz CT molecular complexity index is 1200. The summed E-state index contributed by atoms with van der Waals surface area (Å²) in [5.41, 5.74) is 1.84. The third-order valence-electron chi connectivity index (χ3n) is 7.13. The van der Waals surface area contributed by atoms with Gasteiger partial charge in [-0.1, -0.05) is 33.1 Å². The van der Waals surface area contributed by atoms with Gasteiger partial charge in [0.1, 0.15) is 10.8 Å². The number of pyridine rings is 1. The van der Waals surface area contributed by atoms with Crippen LogP contribution in [0.25, 0.3) is 0 Å². The van der Waals surface area contributed by atoms with E-state index in [0.717, 1.165) is 40.8 Å². The summed E-state index contributed by atoms with van der Waals surface area (Å²) in [6.45, 7) is 9.25. The summed E-state index contributed by atoms with van der Waals surface area (Å²) in [4.78, 5) is 27.7. The fourth-order valence-electron chi connectivity index (χ4n) is 4.87. The summed E-state index contributed by atoms with van der Waals surface area (Å²) < 4.78 is 38.5. The zero-order chi connectivity index (χ0) is 27.3. The van der Waals surface area contributed by atoms with E-state index in [0.29, 0.717) is 37.7 Å². The SMILES string of the molecule is CCCCCC(C)c1nc(CC(=O)c2ccc(N3CCN(c4ccc(C(F)(F)F)cc4)CC3)nc2)sc1C. The van der Waals surface area contributed by atoms with Crippen molar-refractivity contribution >= 4 is 28.6 Å². The van der Waals surface area contributed by atoms with Gasteiger partial charge in [-0.3, -0.25) is 4.79 Å². The number of aromatic nitrogens is 2. The number of hydrogen-bond acceptors (Lipinski definition) is 6. The van der Waals surface area contributed by atoms with E-state index in [2.05, 4.69) is 35.6 Å². The third kappa shape index (κ3) is 6.92. The number of unbranched alkanes of at least 4 members (excludes halogenated alkanes) is 2. The van der Waals surface area contributed by atoms with Gasteiger partial charge in [-0.05, 0) is 55.7 Å². The highest BCUT2D eigenvalue weighted by atomic mass is 32.1. The second-order valence-electron chi connectivity index (χ2n) is 9.97. The van der Waals surface area contributed by atoms with Crippen molar-refractivity contribution in [1.29, 1.82) is 0 Å². The highest BCUT2D eigenvalue weighted by Gasteiger charge is 2.30. The van der Waals surface area contributed by atoms with Gasteiger partial charge in [0.2, 0.25) is 0 Å². The summed E-state index contributed by atoms with van der Waals surface area (Å²) >= 11 is 1.61. The second kappa shape index (κ2) is 12.3. The Morgan fingerprint density at radius 3 is 2.32 bits per heavy atom. The Kier molecular flexibility index (Phi) is 9.07. The van der Waals surface area contributed by atoms with Crippen LogP contribution < -0.4 is 9.80 Å². The maximum absolute atomic E-state index is 12.9. The molecule has 1 fully saturated rings. The predicted octanol–water partition coefficient (Wildman–Crippen LogP) is 7.30. The topological polar surface area (TPSA) is 49.3 Å². The van der Waals surface area contributed by atoms with Gasteiger partial charge in [0.05, 0.1) is 17.7 Å². The van der Waals surface area contributed by atoms with Crippen molar-refractivity contribution in [3.05, 3.63) is 69.3 Å². The van der Waals surface area contributed by atoms with Crippen LogP contribution in [0.1, 0.15) is 76.9 Å². The first-order valence-corrected chi connectivity index (χ1v) is 14.1. The van der Waals surface area contributed by atoms with E-state index >= 15 is 0 Å². The van der Waals surface area contributed by atoms with Crippen LogP contribution in [0.2, 0.25) is 0 Å². The van der Waals surface area contributed by atoms with Gasteiger partial charge in [0, 0.05) is 48.5 Å². The second-order valence-corrected chi connectivity index (χ2v) is 11.3. The lowest BCUT2D eigenvalue weighted by atomic mass is 9.99. The van der Waals surface area contributed by atoms with Gasteiger partial charge in [0.15, 0.2) is 5.78 Å². The molecule has 4 rings (SSSR count). The van der Waals surface area contributed by atoms with Gasteiger partial charge in [-0.15, -0.1) is 11.3 Å². The Hall–Kier alpha value is -2.94. The van der Waals surface area contributed by atoms with Crippen molar-refractivity contribution < 1.29 is 18.0 Å². The average Bonchev–Trinajstić information content (AvgIpc) is 3.28. The largest absolute Gasteiger partial charge is 0.416 e. The van der Waals surface area contributed by atoms with E-state index in [4.69, 9.17) is 4.98 Å². The number of carbonyl (C=O) groups is 1. The normalized spacial score (nSPS) is 15.1. The molecule has 1 unspecified atom stereocenters. The zero-order valence-electron chi connectivity index (χ0n) is 22.2. The molecule has 2 aromatic heterocycles. The van der Waals surface area contributed by atoms with Gasteiger partial charge in [-0.2, -0.15) is 13.2 Å². The molecule has 3 heterocycles. The summed E-state index contributed by atoms with van der Waals surface area (Å²) in [6, 6.07) is 8.99. The van der Waals surface area contributed by atoms with Crippen molar-refractivity contribution in [2.24, 2.45) is 0 Å². The van der Waals surface area contributed by atoms with Gasteiger partial charge >= 0.3 is 6.18 Å². The first-order chi connectivity index (χ1) is 18.2. The number of piperazine rings is 1. The third-order valence-corrected chi connectivity index (χ3v) is 8.12. The molecule has 0 bridgehead atoms. The maximum atomic E-state index is 12.9. The summed E-state index contributed by atoms with van der Waals surface area (Å²) in [5.74, 6) is 1.21. The number of hydrogen-bond donors (Lipinski definition) is 0. The van der Waals surface area contributed by atoms with E-state index < -0.39 is 11.7 Å². The van der Waals surface area contributed by atoms with E-state index in [9.17, 15) is 18.0 Å². The first kappa shape index (κ1) is 28.1. The van der Waals surface area contributed by atoms with E-state index in [1.165, 1.54) is 36.3 Å². The number of anilines is 2. The van der Waals surface area contributed by atoms with Crippen molar-refractivity contribution in [3.63, 3.8) is 0 Å². The molecule has 5 nitrogen and oxygen atoms in total. The minimum atomic E-state index is -4.33. The van der Waals surface area contributed by atoms with Crippen molar-refractivity contribution in [3.8, 4) is 0 Å².